The number of aliphatic carboxylic acids is 1. The van der Waals surface area contributed by atoms with E-state index in [1.54, 1.807) is 36.4 Å². The molecule has 0 aliphatic heterocycles. The lowest BCUT2D eigenvalue weighted by atomic mass is 9.71. The molecule has 1 heterocycles. The fraction of sp³-hybridized carbons (Fsp3) is 0.433. The molecule has 4 N–H and O–H groups in total. The molecule has 3 amide bonds. The molecular weight excluding hydrogens is 544 g/mol. The molecule has 1 aliphatic rings. The highest BCUT2D eigenvalue weighted by Crippen LogP contribution is 2.39. The Morgan fingerprint density at radius 2 is 1.63 bits per heavy atom. The van der Waals surface area contributed by atoms with E-state index in [1.807, 2.05) is 4.90 Å². The Bertz CT molecular complexity index is 1420. The average Bonchev–Trinajstić information content (AvgIpc) is 3.32. The van der Waals surface area contributed by atoms with Gasteiger partial charge in [-0.3, -0.25) is 14.9 Å². The maximum Gasteiger partial charge on any atom is 0.335 e. The molecule has 0 saturated heterocycles. The molecule has 1 saturated carbocycles. The van der Waals surface area contributed by atoms with Crippen molar-refractivity contribution in [1.29, 1.82) is 0 Å². The largest absolute Gasteiger partial charge is 0.481 e. The van der Waals surface area contributed by atoms with E-state index in [9.17, 15) is 24.3 Å². The quantitative estimate of drug-likeness (QED) is 0.248. The Hall–Kier alpha value is -3.99. The van der Waals surface area contributed by atoms with Gasteiger partial charge in [0.2, 0.25) is 0 Å². The number of carboxylic acids is 2. The van der Waals surface area contributed by atoms with E-state index in [0.717, 1.165) is 31.2 Å². The number of nitrogens with one attached hydrogen (secondary N) is 2. The topological polar surface area (TPSA) is 149 Å². The van der Waals surface area contributed by atoms with Crippen molar-refractivity contribution in [2.45, 2.75) is 65.5 Å². The number of thiazole rings is 1. The zero-order chi connectivity index (χ0) is 29.7. The summed E-state index contributed by atoms with van der Waals surface area (Å²) in [5.74, 6) is -1.77. The Morgan fingerprint density at radius 3 is 2.24 bits per heavy atom. The van der Waals surface area contributed by atoms with Crippen molar-refractivity contribution in [2.24, 2.45) is 11.3 Å². The van der Waals surface area contributed by atoms with Crippen LogP contribution in [0.2, 0.25) is 0 Å². The number of aromatic nitrogens is 1. The van der Waals surface area contributed by atoms with Gasteiger partial charge in [0.1, 0.15) is 0 Å². The minimum Gasteiger partial charge on any atom is -0.481 e. The number of carboxylic acid groups (broad SMARTS) is 2. The minimum atomic E-state index is -1.02. The predicted molar refractivity (Wildman–Crippen MR) is 157 cm³/mol. The summed E-state index contributed by atoms with van der Waals surface area (Å²) in [6.07, 6.45) is 3.64. The van der Waals surface area contributed by atoms with Crippen LogP contribution in [0.5, 0.6) is 0 Å². The van der Waals surface area contributed by atoms with Crippen LogP contribution in [0, 0.1) is 11.3 Å². The first-order valence-corrected chi connectivity index (χ1v) is 14.5. The number of hydrogen-bond acceptors (Lipinski definition) is 6. The molecular formula is C30H36N4O6S. The van der Waals surface area contributed by atoms with E-state index in [2.05, 4.69) is 36.4 Å². The first-order chi connectivity index (χ1) is 19.4. The molecule has 1 aliphatic carbocycles. The standard InChI is InChI=1S/C30H36N4O6S/c1-30(2,3)21-9-11-22(12-10-21)34(17-18-4-6-19(7-5-18)26(37)31-15-14-25(35)36)29(40)33-28-32-23-13-8-20(27(38)39)16-24(23)41-28/h4-8,13,16,21-22H,9-12,14-15,17H2,1-3H3,(H,31,37)(H,35,36)(H,38,39)(H,32,33,40). The monoisotopic (exact) mass is 580 g/mol. The number of benzene rings is 2. The molecule has 0 atom stereocenters. The van der Waals surface area contributed by atoms with Crippen LogP contribution in [0.4, 0.5) is 9.93 Å². The van der Waals surface area contributed by atoms with Crippen LogP contribution in [0.25, 0.3) is 10.2 Å². The molecule has 0 spiro atoms. The second-order valence-corrected chi connectivity index (χ2v) is 12.6. The molecule has 0 radical (unpaired) electrons. The molecule has 1 aromatic heterocycles. The maximum absolute atomic E-state index is 13.7. The average molecular weight is 581 g/mol. The van der Waals surface area contributed by atoms with Crippen LogP contribution < -0.4 is 10.6 Å². The minimum absolute atomic E-state index is 0.0283. The highest BCUT2D eigenvalue weighted by atomic mass is 32.1. The van der Waals surface area contributed by atoms with E-state index >= 15 is 0 Å². The van der Waals surface area contributed by atoms with Crippen LogP contribution in [0.1, 0.15) is 79.2 Å². The van der Waals surface area contributed by atoms with Crippen LogP contribution in [0.15, 0.2) is 42.5 Å². The zero-order valence-corrected chi connectivity index (χ0v) is 24.3. The van der Waals surface area contributed by atoms with Crippen molar-refractivity contribution in [1.82, 2.24) is 15.2 Å². The Morgan fingerprint density at radius 1 is 0.976 bits per heavy atom. The van der Waals surface area contributed by atoms with E-state index < -0.39 is 11.9 Å². The predicted octanol–water partition coefficient (Wildman–Crippen LogP) is 5.84. The van der Waals surface area contributed by atoms with Gasteiger partial charge in [-0.15, -0.1) is 0 Å². The molecule has 2 aromatic carbocycles. The number of nitrogens with zero attached hydrogens (tertiary/aromatic N) is 2. The molecule has 1 fully saturated rings. The SMILES string of the molecule is CC(C)(C)C1CCC(N(Cc2ccc(C(=O)NCCC(=O)O)cc2)C(=O)Nc2nc3ccc(C(=O)O)cc3s2)CC1. The fourth-order valence-corrected chi connectivity index (χ4v) is 6.13. The smallest absolute Gasteiger partial charge is 0.335 e. The number of urea groups is 1. The summed E-state index contributed by atoms with van der Waals surface area (Å²) in [5.41, 5.74) is 2.25. The Balaban J connectivity index is 1.50. The lowest BCUT2D eigenvalue weighted by Gasteiger charge is -2.41. The van der Waals surface area contributed by atoms with Gasteiger partial charge in [0.15, 0.2) is 5.13 Å². The Kier molecular flexibility index (Phi) is 9.27. The second kappa shape index (κ2) is 12.7. The van der Waals surface area contributed by atoms with Crippen molar-refractivity contribution in [3.05, 3.63) is 59.2 Å². The van der Waals surface area contributed by atoms with E-state index in [1.165, 1.54) is 17.4 Å². The normalized spacial score (nSPS) is 17.1. The highest BCUT2D eigenvalue weighted by Gasteiger charge is 2.34. The third-order valence-corrected chi connectivity index (χ3v) is 8.60. The van der Waals surface area contributed by atoms with Gasteiger partial charge in [-0.25, -0.2) is 14.6 Å². The molecule has 11 heteroatoms. The van der Waals surface area contributed by atoms with Crippen molar-refractivity contribution >= 4 is 50.6 Å². The molecule has 3 aromatic rings. The number of rotatable bonds is 9. The molecule has 218 valence electrons. The molecule has 0 unspecified atom stereocenters. The van der Waals surface area contributed by atoms with Crippen molar-refractivity contribution in [2.75, 3.05) is 11.9 Å². The molecule has 41 heavy (non-hydrogen) atoms. The number of carbonyl (C=O) groups is 4. The number of carbonyl (C=O) groups excluding carboxylic acids is 2. The van der Waals surface area contributed by atoms with Gasteiger partial charge in [-0.2, -0.15) is 0 Å². The number of fused-ring (bicyclic) bond motifs is 1. The van der Waals surface area contributed by atoms with E-state index in [4.69, 9.17) is 5.11 Å². The maximum atomic E-state index is 13.7. The fourth-order valence-electron chi connectivity index (χ4n) is 5.24. The molecule has 0 bridgehead atoms. The third-order valence-electron chi connectivity index (χ3n) is 7.67. The highest BCUT2D eigenvalue weighted by molar-refractivity contribution is 7.22. The van der Waals surface area contributed by atoms with Crippen LogP contribution in [-0.4, -0.2) is 56.6 Å². The molecule has 4 rings (SSSR count). The zero-order valence-electron chi connectivity index (χ0n) is 23.5. The summed E-state index contributed by atoms with van der Waals surface area (Å²) in [6, 6.07) is 11.4. The van der Waals surface area contributed by atoms with Crippen LogP contribution >= 0.6 is 11.3 Å². The lowest BCUT2D eigenvalue weighted by molar-refractivity contribution is -0.136. The van der Waals surface area contributed by atoms with E-state index in [0.29, 0.717) is 33.4 Å². The summed E-state index contributed by atoms with van der Waals surface area (Å²) in [6.45, 7) is 7.15. The summed E-state index contributed by atoms with van der Waals surface area (Å²) < 4.78 is 0.676. The van der Waals surface area contributed by atoms with E-state index in [-0.39, 0.29) is 41.9 Å². The number of hydrogen-bond donors (Lipinski definition) is 4. The summed E-state index contributed by atoms with van der Waals surface area (Å²) in [5, 5.41) is 24.0. The van der Waals surface area contributed by atoms with Gasteiger partial charge >= 0.3 is 18.0 Å². The first-order valence-electron chi connectivity index (χ1n) is 13.7. The van der Waals surface area contributed by atoms with Crippen molar-refractivity contribution in [3.8, 4) is 0 Å². The van der Waals surface area contributed by atoms with Gasteiger partial charge in [-0.05, 0) is 72.9 Å². The summed E-state index contributed by atoms with van der Waals surface area (Å²) in [4.78, 5) is 54.4. The van der Waals surface area contributed by atoms with Gasteiger partial charge < -0.3 is 20.4 Å². The number of aromatic carboxylic acids is 1. The van der Waals surface area contributed by atoms with Gasteiger partial charge in [0, 0.05) is 24.7 Å². The summed E-state index contributed by atoms with van der Waals surface area (Å²) >= 11 is 1.23. The van der Waals surface area contributed by atoms with Crippen LogP contribution in [0.3, 0.4) is 0 Å². The van der Waals surface area contributed by atoms with Gasteiger partial charge in [0.25, 0.3) is 5.91 Å². The molecule has 10 nitrogen and oxygen atoms in total. The third kappa shape index (κ3) is 7.81. The van der Waals surface area contributed by atoms with Crippen molar-refractivity contribution in [3.63, 3.8) is 0 Å². The summed E-state index contributed by atoms with van der Waals surface area (Å²) in [7, 11) is 0. The number of anilines is 1. The van der Waals surface area contributed by atoms with Gasteiger partial charge in [-0.1, -0.05) is 44.2 Å². The van der Waals surface area contributed by atoms with Crippen LogP contribution in [-0.2, 0) is 11.3 Å². The van der Waals surface area contributed by atoms with Crippen molar-refractivity contribution < 1.29 is 29.4 Å². The lowest BCUT2D eigenvalue weighted by Crippen LogP contribution is -2.45. The first kappa shape index (κ1) is 30.0. The number of amides is 3. The van der Waals surface area contributed by atoms with Gasteiger partial charge in [0.05, 0.1) is 22.2 Å². The Labute approximate surface area is 242 Å². The second-order valence-electron chi connectivity index (χ2n) is 11.5.